The largest absolute Gasteiger partial charge is 0.495 e. The van der Waals surface area contributed by atoms with Gasteiger partial charge in [0.15, 0.2) is 0 Å². The lowest BCUT2D eigenvalue weighted by molar-refractivity contribution is -0.117. The molecule has 3 aromatic carbocycles. The summed E-state index contributed by atoms with van der Waals surface area (Å²) in [6, 6.07) is 17.6. The number of nitrogens with zero attached hydrogens (tertiary/aromatic N) is 1. The highest BCUT2D eigenvalue weighted by atomic mass is 32.2. The van der Waals surface area contributed by atoms with Gasteiger partial charge in [0.2, 0.25) is 5.71 Å². The van der Waals surface area contributed by atoms with E-state index in [1.165, 1.54) is 61.7 Å². The molecule has 0 aliphatic heterocycles. The zero-order chi connectivity index (χ0) is 27.2. The minimum Gasteiger partial charge on any atom is -0.495 e. The number of carbonyl (C=O) groups excluding carboxylic acids is 2. The Morgan fingerprint density at radius 2 is 1.14 bits per heavy atom. The van der Waals surface area contributed by atoms with Gasteiger partial charge in [0.05, 0.1) is 22.6 Å². The Balaban J connectivity index is 1.95. The van der Waals surface area contributed by atoms with E-state index < -0.39 is 37.6 Å². The Morgan fingerprint density at radius 1 is 0.703 bits per heavy atom. The smallest absolute Gasteiger partial charge is 0.291 e. The summed E-state index contributed by atoms with van der Waals surface area (Å²) in [5, 5.41) is 3.72. The number of nitrogens with one attached hydrogen (secondary N) is 3. The second-order valence-electron chi connectivity index (χ2n) is 7.77. The number of hydrogen-bond donors (Lipinski definition) is 3. The lowest BCUT2D eigenvalue weighted by atomic mass is 10.2. The fourth-order valence-corrected chi connectivity index (χ4v) is 4.86. The van der Waals surface area contributed by atoms with Crippen molar-refractivity contribution in [2.24, 2.45) is 5.10 Å². The first-order valence-electron chi connectivity index (χ1n) is 10.7. The molecule has 0 fully saturated rings. The number of aryl methyl sites for hydroxylation is 2. The number of ether oxygens (including phenoxy) is 1. The Bertz CT molecular complexity index is 1460. The zero-order valence-electron chi connectivity index (χ0n) is 20.0. The molecule has 3 N–H and O–H groups in total. The van der Waals surface area contributed by atoms with Crippen LogP contribution in [0.2, 0.25) is 0 Å². The number of para-hydroxylation sites is 2. The van der Waals surface area contributed by atoms with Gasteiger partial charge in [-0.25, -0.2) is 26.3 Å². The molecular formula is C24H24N4O7S2. The topological polar surface area (TPSA) is 160 Å². The molecule has 0 heterocycles. The quantitative estimate of drug-likeness (QED) is 0.210. The van der Waals surface area contributed by atoms with Gasteiger partial charge in [-0.05, 0) is 50.2 Å². The van der Waals surface area contributed by atoms with Crippen LogP contribution in [0.5, 0.6) is 5.75 Å². The van der Waals surface area contributed by atoms with E-state index in [0.29, 0.717) is 5.75 Å². The van der Waals surface area contributed by atoms with Crippen molar-refractivity contribution in [2.75, 3.05) is 12.5 Å². The third kappa shape index (κ3) is 6.92. The van der Waals surface area contributed by atoms with Gasteiger partial charge in [-0.1, -0.05) is 47.5 Å². The summed E-state index contributed by atoms with van der Waals surface area (Å²) in [6.45, 7) is 3.50. The van der Waals surface area contributed by atoms with Crippen molar-refractivity contribution < 1.29 is 31.2 Å². The van der Waals surface area contributed by atoms with Crippen molar-refractivity contribution in [3.63, 3.8) is 0 Å². The Hall–Kier alpha value is -4.23. The van der Waals surface area contributed by atoms with E-state index >= 15 is 0 Å². The summed E-state index contributed by atoms with van der Waals surface area (Å²) in [7, 11) is -7.45. The molecule has 3 rings (SSSR count). The first-order chi connectivity index (χ1) is 17.4. The van der Waals surface area contributed by atoms with Crippen molar-refractivity contribution in [1.29, 1.82) is 0 Å². The van der Waals surface area contributed by atoms with Crippen molar-refractivity contribution in [1.82, 2.24) is 9.44 Å². The minimum absolute atomic E-state index is 0.228. The highest BCUT2D eigenvalue weighted by Gasteiger charge is 2.30. The second kappa shape index (κ2) is 11.2. The van der Waals surface area contributed by atoms with Crippen LogP contribution in [0.25, 0.3) is 0 Å². The molecule has 0 radical (unpaired) electrons. The highest BCUT2D eigenvalue weighted by molar-refractivity contribution is 7.90. The highest BCUT2D eigenvalue weighted by Crippen LogP contribution is 2.23. The average Bonchev–Trinajstić information content (AvgIpc) is 2.84. The lowest BCUT2D eigenvalue weighted by Crippen LogP contribution is -2.46. The van der Waals surface area contributed by atoms with Crippen LogP contribution in [-0.2, 0) is 29.6 Å². The molecule has 194 valence electrons. The molecule has 11 nitrogen and oxygen atoms in total. The van der Waals surface area contributed by atoms with Crippen LogP contribution in [0, 0.1) is 13.8 Å². The number of hydrazone groups is 1. The SMILES string of the molecule is COc1ccccc1NN=C(C(=O)NS(=O)(=O)c1ccc(C)cc1)C(=O)NS(=O)(=O)c1ccc(C)cc1. The molecule has 2 amide bonds. The standard InChI is InChI=1S/C24H24N4O7S2/c1-16-8-12-18(13-9-16)36(31,32)27-23(29)22(26-25-20-6-4-5-7-21(20)35-3)24(30)28-37(33,34)19-14-10-17(2)11-15-19/h4-15,25H,1-3H3,(H,27,29)(H,28,30). The maximum atomic E-state index is 12.9. The molecule has 0 bridgehead atoms. The lowest BCUT2D eigenvalue weighted by Gasteiger charge is -2.12. The molecule has 0 aliphatic rings. The maximum Gasteiger partial charge on any atom is 0.291 e. The van der Waals surface area contributed by atoms with Crippen LogP contribution in [0.15, 0.2) is 87.7 Å². The normalized spacial score (nSPS) is 11.2. The molecular weight excluding hydrogens is 520 g/mol. The van der Waals surface area contributed by atoms with Gasteiger partial charge in [-0.2, -0.15) is 5.10 Å². The molecule has 0 saturated heterocycles. The summed E-state index contributed by atoms with van der Waals surface area (Å²) in [5.74, 6) is -2.62. The number of benzene rings is 3. The summed E-state index contributed by atoms with van der Waals surface area (Å²) >= 11 is 0. The average molecular weight is 545 g/mol. The van der Waals surface area contributed by atoms with E-state index in [2.05, 4.69) is 10.5 Å². The molecule has 0 aromatic heterocycles. The molecule has 37 heavy (non-hydrogen) atoms. The molecule has 0 atom stereocenters. The van der Waals surface area contributed by atoms with Crippen molar-refractivity contribution in [2.45, 2.75) is 23.6 Å². The van der Waals surface area contributed by atoms with Gasteiger partial charge >= 0.3 is 0 Å². The van der Waals surface area contributed by atoms with E-state index in [4.69, 9.17) is 4.74 Å². The fraction of sp³-hybridized carbons (Fsp3) is 0.125. The molecule has 0 aliphatic carbocycles. The Morgan fingerprint density at radius 3 is 1.57 bits per heavy atom. The van der Waals surface area contributed by atoms with Gasteiger partial charge in [-0.3, -0.25) is 15.0 Å². The van der Waals surface area contributed by atoms with Crippen LogP contribution < -0.4 is 19.6 Å². The van der Waals surface area contributed by atoms with Gasteiger partial charge in [0.25, 0.3) is 31.9 Å². The number of amides is 2. The maximum absolute atomic E-state index is 12.9. The number of methoxy groups -OCH3 is 1. The predicted octanol–water partition coefficient (Wildman–Crippen LogP) is 2.09. The monoisotopic (exact) mass is 544 g/mol. The van der Waals surface area contributed by atoms with Crippen LogP contribution in [0.4, 0.5) is 5.69 Å². The number of rotatable bonds is 9. The Kier molecular flexibility index (Phi) is 8.30. The first kappa shape index (κ1) is 27.4. The van der Waals surface area contributed by atoms with Gasteiger partial charge < -0.3 is 4.74 Å². The fourth-order valence-electron chi connectivity index (χ4n) is 2.95. The van der Waals surface area contributed by atoms with Crippen molar-refractivity contribution in [3.8, 4) is 5.75 Å². The summed E-state index contributed by atoms with van der Waals surface area (Å²) in [5.41, 5.74) is 3.19. The van der Waals surface area contributed by atoms with E-state index in [1.54, 1.807) is 41.5 Å². The van der Waals surface area contributed by atoms with Crippen LogP contribution in [0.3, 0.4) is 0 Å². The molecule has 0 saturated carbocycles. The zero-order valence-corrected chi connectivity index (χ0v) is 21.7. The second-order valence-corrected chi connectivity index (χ2v) is 11.1. The van der Waals surface area contributed by atoms with Crippen LogP contribution in [-0.4, -0.2) is 41.5 Å². The molecule has 0 spiro atoms. The van der Waals surface area contributed by atoms with Gasteiger partial charge in [0.1, 0.15) is 5.75 Å². The number of sulfonamides is 2. The van der Waals surface area contributed by atoms with Crippen LogP contribution in [0.1, 0.15) is 11.1 Å². The van der Waals surface area contributed by atoms with E-state index in [0.717, 1.165) is 11.1 Å². The summed E-state index contributed by atoms with van der Waals surface area (Å²) < 4.78 is 59.5. The summed E-state index contributed by atoms with van der Waals surface area (Å²) in [4.78, 5) is 25.4. The molecule has 0 unspecified atom stereocenters. The Labute approximate surface area is 214 Å². The van der Waals surface area contributed by atoms with E-state index in [1.807, 2.05) is 0 Å². The minimum atomic E-state index is -4.41. The predicted molar refractivity (Wildman–Crippen MR) is 137 cm³/mol. The molecule has 3 aromatic rings. The van der Waals surface area contributed by atoms with Crippen molar-refractivity contribution >= 4 is 43.3 Å². The number of hydrogen-bond acceptors (Lipinski definition) is 9. The third-order valence-corrected chi connectivity index (χ3v) is 7.64. The first-order valence-corrected chi connectivity index (χ1v) is 13.6. The van der Waals surface area contributed by atoms with Gasteiger partial charge in [-0.15, -0.1) is 0 Å². The number of anilines is 1. The van der Waals surface area contributed by atoms with Gasteiger partial charge in [0, 0.05) is 0 Å². The molecule has 13 heteroatoms. The third-order valence-electron chi connectivity index (χ3n) is 4.94. The van der Waals surface area contributed by atoms with E-state index in [-0.39, 0.29) is 15.5 Å². The number of carbonyl (C=O) groups is 2. The van der Waals surface area contributed by atoms with E-state index in [9.17, 15) is 26.4 Å². The summed E-state index contributed by atoms with van der Waals surface area (Å²) in [6.07, 6.45) is 0. The van der Waals surface area contributed by atoms with Crippen LogP contribution >= 0.6 is 0 Å². The van der Waals surface area contributed by atoms with Crippen molar-refractivity contribution in [3.05, 3.63) is 83.9 Å².